The van der Waals surface area contributed by atoms with Crippen LogP contribution in [0.4, 0.5) is 5.82 Å². The standard InChI is InChI=1S/C10H15BrN2O2/c1-6-4-7(5-13-10(6)12)9(15)8(14)2-3-11/h4-5,8-9,14-15H,2-3H2,1H3,(H2,12,13). The lowest BCUT2D eigenvalue weighted by Crippen LogP contribution is -2.19. The average Bonchev–Trinajstić information content (AvgIpc) is 2.21. The van der Waals surface area contributed by atoms with Gasteiger partial charge in [-0.1, -0.05) is 15.9 Å². The van der Waals surface area contributed by atoms with Gasteiger partial charge in [-0.25, -0.2) is 4.98 Å². The maximum Gasteiger partial charge on any atom is 0.126 e. The molecule has 1 rings (SSSR count). The van der Waals surface area contributed by atoms with Crippen molar-refractivity contribution in [2.75, 3.05) is 11.1 Å². The number of nitrogen functional groups attached to an aromatic ring is 1. The van der Waals surface area contributed by atoms with Crippen LogP contribution in [0.1, 0.15) is 23.7 Å². The molecule has 1 aromatic heterocycles. The summed E-state index contributed by atoms with van der Waals surface area (Å²) in [6.07, 6.45) is 0.290. The summed E-state index contributed by atoms with van der Waals surface area (Å²) in [7, 11) is 0. The van der Waals surface area contributed by atoms with Crippen LogP contribution in [-0.4, -0.2) is 26.6 Å². The van der Waals surface area contributed by atoms with Gasteiger partial charge >= 0.3 is 0 Å². The van der Waals surface area contributed by atoms with E-state index >= 15 is 0 Å². The average molecular weight is 275 g/mol. The molecule has 2 unspecified atom stereocenters. The molecule has 0 aliphatic carbocycles. The molecule has 0 aliphatic heterocycles. The number of aliphatic hydroxyl groups is 2. The third-order valence-electron chi connectivity index (χ3n) is 2.25. The second-order valence-corrected chi connectivity index (χ2v) is 4.25. The first kappa shape index (κ1) is 12.4. The third-order valence-corrected chi connectivity index (χ3v) is 2.71. The summed E-state index contributed by atoms with van der Waals surface area (Å²) in [6.45, 7) is 1.81. The number of nitrogens with zero attached hydrogens (tertiary/aromatic N) is 1. The van der Waals surface area contributed by atoms with Gasteiger partial charge in [-0.15, -0.1) is 0 Å². The number of hydrogen-bond acceptors (Lipinski definition) is 4. The molecule has 84 valence electrons. The number of halogens is 1. The molecule has 0 spiro atoms. The molecule has 4 N–H and O–H groups in total. The van der Waals surface area contributed by atoms with Crippen molar-refractivity contribution in [1.29, 1.82) is 0 Å². The summed E-state index contributed by atoms with van der Waals surface area (Å²) in [5.41, 5.74) is 6.96. The van der Waals surface area contributed by atoms with Crippen molar-refractivity contribution in [3.63, 3.8) is 0 Å². The molecule has 2 atom stereocenters. The van der Waals surface area contributed by atoms with Gasteiger partial charge in [0, 0.05) is 17.1 Å². The first-order valence-corrected chi connectivity index (χ1v) is 5.82. The molecule has 0 amide bonds. The van der Waals surface area contributed by atoms with E-state index < -0.39 is 12.2 Å². The highest BCUT2D eigenvalue weighted by atomic mass is 79.9. The molecule has 1 heterocycles. The van der Waals surface area contributed by atoms with Gasteiger partial charge in [-0.05, 0) is 25.0 Å². The van der Waals surface area contributed by atoms with Gasteiger partial charge in [0.25, 0.3) is 0 Å². The van der Waals surface area contributed by atoms with Crippen molar-refractivity contribution in [3.8, 4) is 0 Å². The first-order chi connectivity index (χ1) is 7.06. The fraction of sp³-hybridized carbons (Fsp3) is 0.500. The van der Waals surface area contributed by atoms with Crippen LogP contribution in [-0.2, 0) is 0 Å². The number of hydrogen-bond donors (Lipinski definition) is 3. The van der Waals surface area contributed by atoms with E-state index in [4.69, 9.17) is 5.73 Å². The summed E-state index contributed by atoms with van der Waals surface area (Å²) < 4.78 is 0. The van der Waals surface area contributed by atoms with Gasteiger partial charge in [0.2, 0.25) is 0 Å². The molecule has 0 saturated carbocycles. The topological polar surface area (TPSA) is 79.4 Å². The third kappa shape index (κ3) is 3.15. The number of aromatic nitrogens is 1. The fourth-order valence-electron chi connectivity index (χ4n) is 1.26. The van der Waals surface area contributed by atoms with Gasteiger partial charge in [0.1, 0.15) is 11.9 Å². The number of pyridine rings is 1. The Hall–Kier alpha value is -0.650. The number of nitrogens with two attached hydrogens (primary N) is 1. The number of aliphatic hydroxyl groups excluding tert-OH is 2. The van der Waals surface area contributed by atoms with Crippen molar-refractivity contribution in [3.05, 3.63) is 23.4 Å². The van der Waals surface area contributed by atoms with E-state index in [2.05, 4.69) is 20.9 Å². The van der Waals surface area contributed by atoms with Crippen LogP contribution in [0.25, 0.3) is 0 Å². The molecule has 0 bridgehead atoms. The quantitative estimate of drug-likeness (QED) is 0.720. The van der Waals surface area contributed by atoms with E-state index in [9.17, 15) is 10.2 Å². The number of rotatable bonds is 4. The van der Waals surface area contributed by atoms with Crippen LogP contribution in [0.15, 0.2) is 12.3 Å². The Morgan fingerprint density at radius 3 is 2.73 bits per heavy atom. The highest BCUT2D eigenvalue weighted by Gasteiger charge is 2.18. The maximum absolute atomic E-state index is 9.78. The Morgan fingerprint density at radius 2 is 2.20 bits per heavy atom. The molecule has 5 heteroatoms. The van der Waals surface area contributed by atoms with Gasteiger partial charge in [-0.3, -0.25) is 0 Å². The number of aryl methyl sites for hydroxylation is 1. The summed E-state index contributed by atoms with van der Waals surface area (Å²) in [5, 5.41) is 20.0. The highest BCUT2D eigenvalue weighted by molar-refractivity contribution is 9.09. The molecule has 0 radical (unpaired) electrons. The van der Waals surface area contributed by atoms with Crippen molar-refractivity contribution < 1.29 is 10.2 Å². The van der Waals surface area contributed by atoms with Gasteiger partial charge in [0.05, 0.1) is 6.10 Å². The lowest BCUT2D eigenvalue weighted by Gasteiger charge is -2.17. The van der Waals surface area contributed by atoms with Crippen LogP contribution in [0.2, 0.25) is 0 Å². The van der Waals surface area contributed by atoms with Crippen LogP contribution in [0.5, 0.6) is 0 Å². The van der Waals surface area contributed by atoms with E-state index in [1.54, 1.807) is 6.07 Å². The lowest BCUT2D eigenvalue weighted by molar-refractivity contribution is 0.0171. The van der Waals surface area contributed by atoms with Crippen LogP contribution < -0.4 is 5.73 Å². The minimum Gasteiger partial charge on any atom is -0.390 e. The molecule has 4 nitrogen and oxygen atoms in total. The Bertz CT molecular complexity index is 333. The molecule has 1 aromatic rings. The van der Waals surface area contributed by atoms with Crippen molar-refractivity contribution in [1.82, 2.24) is 4.98 Å². The number of alkyl halides is 1. The van der Waals surface area contributed by atoms with Crippen LogP contribution in [0.3, 0.4) is 0 Å². The van der Waals surface area contributed by atoms with E-state index in [1.807, 2.05) is 6.92 Å². The summed E-state index contributed by atoms with van der Waals surface area (Å²) in [5.74, 6) is 0.445. The molecule has 0 saturated heterocycles. The summed E-state index contributed by atoms with van der Waals surface area (Å²) >= 11 is 3.21. The van der Waals surface area contributed by atoms with Crippen molar-refractivity contribution in [2.45, 2.75) is 25.6 Å². The second-order valence-electron chi connectivity index (χ2n) is 3.46. The zero-order chi connectivity index (χ0) is 11.4. The predicted octanol–water partition coefficient (Wildman–Crippen LogP) is 1.15. The van der Waals surface area contributed by atoms with Gasteiger partial charge < -0.3 is 15.9 Å². The van der Waals surface area contributed by atoms with Gasteiger partial charge in [0.15, 0.2) is 0 Å². The predicted molar refractivity (Wildman–Crippen MR) is 62.8 cm³/mol. The zero-order valence-corrected chi connectivity index (χ0v) is 10.1. The van der Waals surface area contributed by atoms with Crippen molar-refractivity contribution >= 4 is 21.7 Å². The Balaban J connectivity index is 2.81. The molecule has 15 heavy (non-hydrogen) atoms. The molecule has 0 aliphatic rings. The lowest BCUT2D eigenvalue weighted by atomic mass is 10.0. The minimum absolute atomic E-state index is 0.445. The second kappa shape index (κ2) is 5.44. The van der Waals surface area contributed by atoms with E-state index in [0.717, 1.165) is 5.56 Å². The summed E-state index contributed by atoms with van der Waals surface area (Å²) in [6, 6.07) is 1.74. The van der Waals surface area contributed by atoms with Crippen LogP contribution in [0, 0.1) is 6.92 Å². The zero-order valence-electron chi connectivity index (χ0n) is 8.52. The fourth-order valence-corrected chi connectivity index (χ4v) is 1.73. The smallest absolute Gasteiger partial charge is 0.126 e. The molecule has 0 fully saturated rings. The van der Waals surface area contributed by atoms with E-state index in [-0.39, 0.29) is 0 Å². The Labute approximate surface area is 97.3 Å². The molecular weight excluding hydrogens is 260 g/mol. The first-order valence-electron chi connectivity index (χ1n) is 4.70. The summed E-state index contributed by atoms with van der Waals surface area (Å²) in [4.78, 5) is 3.94. The normalized spacial score (nSPS) is 14.9. The molecular formula is C10H15BrN2O2. The number of anilines is 1. The van der Waals surface area contributed by atoms with Crippen LogP contribution >= 0.6 is 15.9 Å². The molecule has 0 aromatic carbocycles. The van der Waals surface area contributed by atoms with E-state index in [1.165, 1.54) is 6.20 Å². The maximum atomic E-state index is 9.78. The van der Waals surface area contributed by atoms with Crippen molar-refractivity contribution in [2.24, 2.45) is 0 Å². The monoisotopic (exact) mass is 274 g/mol. The Kier molecular flexibility index (Phi) is 4.50. The van der Waals surface area contributed by atoms with E-state index in [0.29, 0.717) is 23.1 Å². The Morgan fingerprint density at radius 1 is 1.53 bits per heavy atom. The van der Waals surface area contributed by atoms with Gasteiger partial charge in [-0.2, -0.15) is 0 Å². The largest absolute Gasteiger partial charge is 0.390 e. The highest BCUT2D eigenvalue weighted by Crippen LogP contribution is 2.21. The SMILES string of the molecule is Cc1cc(C(O)C(O)CCBr)cnc1N. The minimum atomic E-state index is -0.908.